The van der Waals surface area contributed by atoms with Crippen LogP contribution in [0.5, 0.6) is 0 Å². The Morgan fingerprint density at radius 2 is 2.04 bits per heavy atom. The van der Waals surface area contributed by atoms with Crippen LogP contribution >= 0.6 is 23.4 Å². The van der Waals surface area contributed by atoms with E-state index in [1.807, 2.05) is 11.4 Å². The van der Waals surface area contributed by atoms with E-state index in [1.54, 1.807) is 22.8 Å². The summed E-state index contributed by atoms with van der Waals surface area (Å²) in [5.74, 6) is -0.0872. The van der Waals surface area contributed by atoms with E-state index in [-0.39, 0.29) is 0 Å². The summed E-state index contributed by atoms with van der Waals surface area (Å²) < 4.78 is 38.8. The van der Waals surface area contributed by atoms with Gasteiger partial charge in [-0.05, 0) is 38.0 Å². The Kier molecular flexibility index (Phi) is 6.39. The van der Waals surface area contributed by atoms with Gasteiger partial charge in [0, 0.05) is 18.1 Å². The van der Waals surface area contributed by atoms with E-state index in [2.05, 4.69) is 15.1 Å². The Balaban J connectivity index is 1.85. The van der Waals surface area contributed by atoms with Crippen molar-refractivity contribution in [1.29, 1.82) is 0 Å². The van der Waals surface area contributed by atoms with Gasteiger partial charge in [0.1, 0.15) is 6.54 Å². The average Bonchev–Trinajstić information content (AvgIpc) is 3.28. The smallest absolute Gasteiger partial charge is 0.346 e. The molecule has 0 bridgehead atoms. The number of thioether (sulfide) groups is 1. The maximum atomic E-state index is 12.3. The van der Waals surface area contributed by atoms with Crippen LogP contribution in [0.25, 0.3) is 5.69 Å². The van der Waals surface area contributed by atoms with Crippen LogP contribution in [0.2, 0.25) is 5.02 Å². The number of hydrogen-bond donors (Lipinski definition) is 1. The van der Waals surface area contributed by atoms with Gasteiger partial charge in [-0.25, -0.2) is 0 Å². The van der Waals surface area contributed by atoms with E-state index in [0.29, 0.717) is 16.1 Å². The third-order valence-electron chi connectivity index (χ3n) is 4.19. The molecule has 2 aromatic rings. The molecule has 1 aliphatic rings. The number of hydrogen-bond acceptors (Lipinski definition) is 5. The van der Waals surface area contributed by atoms with Gasteiger partial charge < -0.3 is 10.2 Å². The minimum absolute atomic E-state index is 0.416. The summed E-state index contributed by atoms with van der Waals surface area (Å²) in [6.07, 6.45) is -2.37. The molecule has 28 heavy (non-hydrogen) atoms. The molecule has 1 saturated heterocycles. The molecule has 1 unspecified atom stereocenters. The Bertz CT molecular complexity index is 838. The van der Waals surface area contributed by atoms with Crippen molar-refractivity contribution < 1.29 is 18.0 Å². The summed E-state index contributed by atoms with van der Waals surface area (Å²) in [7, 11) is 0. The van der Waals surface area contributed by atoms with E-state index >= 15 is 0 Å². The van der Waals surface area contributed by atoms with Gasteiger partial charge in [0.2, 0.25) is 11.9 Å². The lowest BCUT2D eigenvalue weighted by Gasteiger charge is -2.19. The fourth-order valence-corrected chi connectivity index (χ4v) is 3.92. The van der Waals surface area contributed by atoms with Gasteiger partial charge in [-0.3, -0.25) is 9.36 Å². The molecular weight excluding hydrogens is 415 g/mol. The summed E-state index contributed by atoms with van der Waals surface area (Å²) in [4.78, 5) is 14.1. The lowest BCUT2D eigenvalue weighted by Crippen LogP contribution is -2.38. The Labute approximate surface area is 169 Å². The highest BCUT2D eigenvalue weighted by Gasteiger charge is 2.30. The number of alkyl halides is 3. The van der Waals surface area contributed by atoms with Crippen LogP contribution in [0.1, 0.15) is 19.8 Å². The van der Waals surface area contributed by atoms with E-state index in [4.69, 9.17) is 11.6 Å². The molecular formula is C17H19ClF3N5OS. The van der Waals surface area contributed by atoms with Gasteiger partial charge in [-0.1, -0.05) is 29.4 Å². The Hall–Kier alpha value is -1.94. The quantitative estimate of drug-likeness (QED) is 0.704. The number of nitrogens with zero attached hydrogens (tertiary/aromatic N) is 4. The fraction of sp³-hybridized carbons (Fsp3) is 0.471. The normalized spacial score (nSPS) is 15.7. The third kappa shape index (κ3) is 5.11. The highest BCUT2D eigenvalue weighted by atomic mass is 35.5. The van der Waals surface area contributed by atoms with E-state index in [9.17, 15) is 18.0 Å². The van der Waals surface area contributed by atoms with Crippen LogP contribution in [0.4, 0.5) is 19.1 Å². The Morgan fingerprint density at radius 3 is 2.68 bits per heavy atom. The van der Waals surface area contributed by atoms with Crippen molar-refractivity contribution >= 4 is 35.2 Å². The number of carbonyl (C=O) groups excluding carboxylic acids is 1. The first-order chi connectivity index (χ1) is 13.2. The lowest BCUT2D eigenvalue weighted by molar-refractivity contribution is -0.137. The van der Waals surface area contributed by atoms with Crippen molar-refractivity contribution in [2.45, 2.75) is 36.3 Å². The molecule has 2 heterocycles. The van der Waals surface area contributed by atoms with Crippen molar-refractivity contribution in [3.8, 4) is 5.69 Å². The van der Waals surface area contributed by atoms with Gasteiger partial charge in [0.25, 0.3) is 0 Å². The van der Waals surface area contributed by atoms with Crippen LogP contribution in [0.15, 0.2) is 29.4 Å². The van der Waals surface area contributed by atoms with Crippen molar-refractivity contribution in [2.24, 2.45) is 0 Å². The molecule has 152 valence electrons. The first-order valence-corrected chi connectivity index (χ1v) is 9.98. The fourth-order valence-electron chi connectivity index (χ4n) is 2.84. The number of nitrogens with one attached hydrogen (secondary N) is 1. The van der Waals surface area contributed by atoms with Crippen molar-refractivity contribution in [1.82, 2.24) is 20.1 Å². The largest absolute Gasteiger partial charge is 0.405 e. The molecule has 1 aliphatic heterocycles. The SMILES string of the molecule is CC(Sc1nnc(N2CCCC2)n1-c1cccc(Cl)c1)C(=O)NCC(F)(F)F. The zero-order valence-corrected chi connectivity index (χ0v) is 16.6. The highest BCUT2D eigenvalue weighted by molar-refractivity contribution is 8.00. The number of benzene rings is 1. The lowest BCUT2D eigenvalue weighted by atomic mass is 10.3. The third-order valence-corrected chi connectivity index (χ3v) is 5.46. The van der Waals surface area contributed by atoms with Crippen LogP contribution in [-0.4, -0.2) is 51.7 Å². The molecule has 1 atom stereocenters. The minimum Gasteiger partial charge on any atom is -0.346 e. The molecule has 0 spiro atoms. The number of halogens is 4. The predicted molar refractivity (Wildman–Crippen MR) is 102 cm³/mol. The monoisotopic (exact) mass is 433 g/mol. The van der Waals surface area contributed by atoms with Crippen LogP contribution in [0.3, 0.4) is 0 Å². The summed E-state index contributed by atoms with van der Waals surface area (Å²) in [6, 6.07) is 7.13. The number of aromatic nitrogens is 3. The maximum absolute atomic E-state index is 12.3. The highest BCUT2D eigenvalue weighted by Crippen LogP contribution is 2.31. The molecule has 1 N–H and O–H groups in total. The summed E-state index contributed by atoms with van der Waals surface area (Å²) >= 11 is 7.17. The average molecular weight is 434 g/mol. The molecule has 1 fully saturated rings. The number of amides is 1. The number of rotatable bonds is 6. The van der Waals surface area contributed by atoms with Crippen LogP contribution in [-0.2, 0) is 4.79 Å². The molecule has 0 aliphatic carbocycles. The van der Waals surface area contributed by atoms with Gasteiger partial charge in [-0.2, -0.15) is 13.2 Å². The Morgan fingerprint density at radius 1 is 1.32 bits per heavy atom. The molecule has 1 aromatic carbocycles. The number of anilines is 1. The minimum atomic E-state index is -4.45. The second-order valence-corrected chi connectivity index (χ2v) is 8.13. The zero-order valence-electron chi connectivity index (χ0n) is 15.0. The summed E-state index contributed by atoms with van der Waals surface area (Å²) in [6.45, 7) is 1.84. The topological polar surface area (TPSA) is 63.1 Å². The molecule has 11 heteroatoms. The molecule has 1 aromatic heterocycles. The van der Waals surface area contributed by atoms with Gasteiger partial charge in [0.05, 0.1) is 10.9 Å². The predicted octanol–water partition coefficient (Wildman–Crippen LogP) is 3.68. The standard InChI is InChI=1S/C17H19ClF3N5OS/c1-11(14(27)22-10-17(19,20)21)28-16-24-23-15(25-7-2-3-8-25)26(16)13-6-4-5-12(18)9-13/h4-6,9,11H,2-3,7-8,10H2,1H3,(H,22,27). The van der Waals surface area contributed by atoms with E-state index in [0.717, 1.165) is 43.4 Å². The first kappa shape index (κ1) is 20.8. The van der Waals surface area contributed by atoms with Gasteiger partial charge in [0.15, 0.2) is 5.16 Å². The van der Waals surface area contributed by atoms with Gasteiger partial charge in [-0.15, -0.1) is 10.2 Å². The summed E-state index contributed by atoms with van der Waals surface area (Å²) in [5.41, 5.74) is 0.727. The van der Waals surface area contributed by atoms with Crippen LogP contribution < -0.4 is 10.2 Å². The second-order valence-electron chi connectivity index (χ2n) is 6.39. The molecule has 0 saturated carbocycles. The van der Waals surface area contributed by atoms with Crippen molar-refractivity contribution in [3.05, 3.63) is 29.3 Å². The van der Waals surface area contributed by atoms with Crippen molar-refractivity contribution in [3.63, 3.8) is 0 Å². The van der Waals surface area contributed by atoms with Crippen LogP contribution in [0, 0.1) is 0 Å². The summed E-state index contributed by atoms with van der Waals surface area (Å²) in [5, 5.41) is 10.5. The molecule has 6 nitrogen and oxygen atoms in total. The number of carbonyl (C=O) groups is 1. The second kappa shape index (κ2) is 8.60. The van der Waals surface area contributed by atoms with Crippen molar-refractivity contribution in [2.75, 3.05) is 24.5 Å². The maximum Gasteiger partial charge on any atom is 0.405 e. The zero-order chi connectivity index (χ0) is 20.3. The first-order valence-electron chi connectivity index (χ1n) is 8.72. The molecule has 0 radical (unpaired) electrons. The van der Waals surface area contributed by atoms with E-state index < -0.39 is 23.9 Å². The molecule has 3 rings (SSSR count). The molecule has 1 amide bonds. The van der Waals surface area contributed by atoms with Gasteiger partial charge >= 0.3 is 6.18 Å². The van der Waals surface area contributed by atoms with E-state index in [1.165, 1.54) is 6.92 Å².